The van der Waals surface area contributed by atoms with Crippen molar-refractivity contribution in [2.75, 3.05) is 32.2 Å². The normalized spacial score (nSPS) is 13.6. The summed E-state index contributed by atoms with van der Waals surface area (Å²) in [7, 11) is 3.08. The molecule has 2 heterocycles. The molecule has 1 saturated heterocycles. The van der Waals surface area contributed by atoms with E-state index < -0.39 is 0 Å². The highest BCUT2D eigenvalue weighted by Gasteiger charge is 2.25. The van der Waals surface area contributed by atoms with Crippen molar-refractivity contribution in [1.29, 1.82) is 0 Å². The monoisotopic (exact) mass is 483 g/mol. The van der Waals surface area contributed by atoms with Crippen LogP contribution < -0.4 is 9.64 Å². The molecule has 0 aliphatic carbocycles. The summed E-state index contributed by atoms with van der Waals surface area (Å²) >= 11 is 0. The van der Waals surface area contributed by atoms with Gasteiger partial charge in [-0.3, -0.25) is 0 Å². The molecule has 186 valence electrons. The molecule has 36 heavy (non-hydrogen) atoms. The second-order valence-corrected chi connectivity index (χ2v) is 8.49. The summed E-state index contributed by atoms with van der Waals surface area (Å²) in [6, 6.07) is 23.9. The number of carbonyl (C=O) groups is 1. The van der Waals surface area contributed by atoms with E-state index in [1.807, 2.05) is 50.2 Å². The predicted molar refractivity (Wildman–Crippen MR) is 145 cm³/mol. The van der Waals surface area contributed by atoms with Crippen LogP contribution in [-0.4, -0.2) is 43.2 Å². The summed E-state index contributed by atoms with van der Waals surface area (Å²) in [5.41, 5.74) is 5.15. The van der Waals surface area contributed by atoms with Gasteiger partial charge in [0.1, 0.15) is 11.4 Å². The second kappa shape index (κ2) is 11.7. The number of hydrogen-bond acceptors (Lipinski definition) is 6. The molecule has 1 aliphatic rings. The summed E-state index contributed by atoms with van der Waals surface area (Å²) in [6.45, 7) is 5.76. The number of rotatable bonds is 5. The van der Waals surface area contributed by atoms with Gasteiger partial charge in [-0.2, -0.15) is 0 Å². The van der Waals surface area contributed by atoms with Crippen LogP contribution in [0, 0.1) is 0 Å². The van der Waals surface area contributed by atoms with Crippen molar-refractivity contribution in [3.63, 3.8) is 0 Å². The third kappa shape index (κ3) is 5.33. The van der Waals surface area contributed by atoms with Gasteiger partial charge in [-0.1, -0.05) is 56.3 Å². The Hall–Kier alpha value is -3.93. The minimum absolute atomic E-state index is 0.377. The SMILES string of the molecule is CC.COC(=O)c1ccc2nc(-c3ccccc3)c(N3CCC(c4ccc(OC)cc4)CC3)nc2c1. The Morgan fingerprint density at radius 2 is 1.56 bits per heavy atom. The van der Waals surface area contributed by atoms with E-state index in [0.29, 0.717) is 17.0 Å². The maximum Gasteiger partial charge on any atom is 0.337 e. The summed E-state index contributed by atoms with van der Waals surface area (Å²) in [6.07, 6.45) is 2.06. The van der Waals surface area contributed by atoms with Crippen molar-refractivity contribution in [1.82, 2.24) is 9.97 Å². The van der Waals surface area contributed by atoms with E-state index in [1.54, 1.807) is 19.2 Å². The van der Waals surface area contributed by atoms with E-state index in [4.69, 9.17) is 19.4 Å². The Balaban J connectivity index is 0.00000148. The molecule has 1 aromatic heterocycles. The van der Waals surface area contributed by atoms with Crippen LogP contribution in [-0.2, 0) is 4.74 Å². The number of aromatic nitrogens is 2. The highest BCUT2D eigenvalue weighted by Crippen LogP contribution is 2.35. The van der Waals surface area contributed by atoms with E-state index >= 15 is 0 Å². The first kappa shape index (κ1) is 25.2. The molecule has 0 atom stereocenters. The van der Waals surface area contributed by atoms with Gasteiger partial charge in [-0.05, 0) is 54.7 Å². The smallest absolute Gasteiger partial charge is 0.337 e. The third-order valence-corrected chi connectivity index (χ3v) is 6.50. The van der Waals surface area contributed by atoms with Crippen LogP contribution >= 0.6 is 0 Å². The first-order chi connectivity index (χ1) is 17.7. The van der Waals surface area contributed by atoms with Crippen LogP contribution in [0.3, 0.4) is 0 Å². The van der Waals surface area contributed by atoms with E-state index in [1.165, 1.54) is 12.7 Å². The van der Waals surface area contributed by atoms with Crippen molar-refractivity contribution in [3.05, 3.63) is 83.9 Å². The van der Waals surface area contributed by atoms with Crippen LogP contribution in [0.25, 0.3) is 22.3 Å². The molecular formula is C30H33N3O3. The highest BCUT2D eigenvalue weighted by molar-refractivity contribution is 5.94. The fraction of sp³-hybridized carbons (Fsp3) is 0.300. The molecule has 0 bridgehead atoms. The summed E-state index contributed by atoms with van der Waals surface area (Å²) < 4.78 is 10.2. The Morgan fingerprint density at radius 3 is 2.19 bits per heavy atom. The average Bonchev–Trinajstić information content (AvgIpc) is 2.97. The molecule has 6 heteroatoms. The molecule has 1 aliphatic heterocycles. The number of piperidine rings is 1. The van der Waals surface area contributed by atoms with Crippen LogP contribution in [0.2, 0.25) is 0 Å². The number of nitrogens with zero attached hydrogens (tertiary/aromatic N) is 3. The molecule has 0 saturated carbocycles. The molecule has 0 amide bonds. The van der Waals surface area contributed by atoms with Gasteiger partial charge >= 0.3 is 5.97 Å². The molecule has 0 radical (unpaired) electrons. The predicted octanol–water partition coefficient (Wildman–Crippen LogP) is 6.50. The molecule has 0 N–H and O–H groups in total. The maximum atomic E-state index is 12.1. The van der Waals surface area contributed by atoms with Gasteiger partial charge in [0, 0.05) is 18.7 Å². The largest absolute Gasteiger partial charge is 0.497 e. The molecule has 4 aromatic rings. The topological polar surface area (TPSA) is 64.5 Å². The maximum absolute atomic E-state index is 12.1. The molecule has 3 aromatic carbocycles. The summed E-state index contributed by atoms with van der Waals surface area (Å²) in [5, 5.41) is 0. The molecule has 0 unspecified atom stereocenters. The Labute approximate surface area is 212 Å². The fourth-order valence-corrected chi connectivity index (χ4v) is 4.60. The van der Waals surface area contributed by atoms with Crippen LogP contribution in [0.1, 0.15) is 48.5 Å². The highest BCUT2D eigenvalue weighted by atomic mass is 16.5. The first-order valence-corrected chi connectivity index (χ1v) is 12.5. The van der Waals surface area contributed by atoms with Crippen molar-refractivity contribution < 1.29 is 14.3 Å². The zero-order valence-electron chi connectivity index (χ0n) is 21.4. The lowest BCUT2D eigenvalue weighted by Gasteiger charge is -2.34. The van der Waals surface area contributed by atoms with Crippen molar-refractivity contribution in [2.45, 2.75) is 32.6 Å². The number of ether oxygens (including phenoxy) is 2. The van der Waals surface area contributed by atoms with E-state index in [-0.39, 0.29) is 5.97 Å². The fourth-order valence-electron chi connectivity index (χ4n) is 4.60. The lowest BCUT2D eigenvalue weighted by atomic mass is 9.89. The van der Waals surface area contributed by atoms with Gasteiger partial charge < -0.3 is 14.4 Å². The number of anilines is 1. The lowest BCUT2D eigenvalue weighted by molar-refractivity contribution is 0.0601. The Bertz CT molecular complexity index is 1300. The van der Waals surface area contributed by atoms with Crippen LogP contribution in [0.15, 0.2) is 72.8 Å². The molecular weight excluding hydrogens is 450 g/mol. The minimum Gasteiger partial charge on any atom is -0.497 e. The number of carbonyl (C=O) groups excluding carboxylic acids is 1. The third-order valence-electron chi connectivity index (χ3n) is 6.50. The molecule has 6 nitrogen and oxygen atoms in total. The van der Waals surface area contributed by atoms with Crippen LogP contribution in [0.5, 0.6) is 5.75 Å². The molecule has 5 rings (SSSR count). The zero-order chi connectivity index (χ0) is 25.5. The van der Waals surface area contributed by atoms with E-state index in [2.05, 4.69) is 29.2 Å². The lowest BCUT2D eigenvalue weighted by Crippen LogP contribution is -2.34. The summed E-state index contributed by atoms with van der Waals surface area (Å²) in [4.78, 5) is 24.4. The Kier molecular flexibility index (Phi) is 8.16. The van der Waals surface area contributed by atoms with Crippen molar-refractivity contribution in [3.8, 4) is 17.0 Å². The number of esters is 1. The van der Waals surface area contributed by atoms with Crippen molar-refractivity contribution >= 4 is 22.8 Å². The van der Waals surface area contributed by atoms with Gasteiger partial charge in [0.2, 0.25) is 0 Å². The zero-order valence-corrected chi connectivity index (χ0v) is 21.4. The average molecular weight is 484 g/mol. The van der Waals surface area contributed by atoms with Gasteiger partial charge in [-0.25, -0.2) is 14.8 Å². The Morgan fingerprint density at radius 1 is 0.861 bits per heavy atom. The van der Waals surface area contributed by atoms with Crippen LogP contribution in [0.4, 0.5) is 5.82 Å². The standard InChI is InChI=1S/C28H27N3O3.C2H6/c1-33-23-11-8-19(9-12-23)20-14-16-31(17-15-20)27-26(21-6-4-3-5-7-21)29-24-13-10-22(28(32)34-2)18-25(24)30-27;1-2/h3-13,18,20H,14-17H2,1-2H3;1-2H3. The number of methoxy groups -OCH3 is 2. The first-order valence-electron chi connectivity index (χ1n) is 12.5. The second-order valence-electron chi connectivity index (χ2n) is 8.49. The molecule has 1 fully saturated rings. The van der Waals surface area contributed by atoms with Gasteiger partial charge in [-0.15, -0.1) is 0 Å². The van der Waals surface area contributed by atoms with E-state index in [0.717, 1.165) is 54.3 Å². The quantitative estimate of drug-likeness (QED) is 0.302. The number of fused-ring (bicyclic) bond motifs is 1. The number of benzene rings is 3. The van der Waals surface area contributed by atoms with Gasteiger partial charge in [0.25, 0.3) is 0 Å². The summed E-state index contributed by atoms with van der Waals surface area (Å²) in [5.74, 6) is 1.86. The molecule has 0 spiro atoms. The minimum atomic E-state index is -0.377. The van der Waals surface area contributed by atoms with Gasteiger partial charge in [0.05, 0.1) is 30.8 Å². The van der Waals surface area contributed by atoms with Gasteiger partial charge in [0.15, 0.2) is 5.82 Å². The number of hydrogen-bond donors (Lipinski definition) is 0. The van der Waals surface area contributed by atoms with Crippen molar-refractivity contribution in [2.24, 2.45) is 0 Å². The van der Waals surface area contributed by atoms with E-state index in [9.17, 15) is 4.79 Å².